The summed E-state index contributed by atoms with van der Waals surface area (Å²) >= 11 is 1.59. The summed E-state index contributed by atoms with van der Waals surface area (Å²) in [5.41, 5.74) is 4.15. The quantitative estimate of drug-likeness (QED) is 0.823. The van der Waals surface area contributed by atoms with Crippen LogP contribution in [0.15, 0.2) is 11.6 Å². The van der Waals surface area contributed by atoms with Crippen LogP contribution in [-0.2, 0) is 11.3 Å². The second-order valence-corrected chi connectivity index (χ2v) is 8.52. The SMILES string of the molecule is Cc1cc(C(=O)N2CCC(CN(Cc3scnc3C)C(=O)C(C)C)C2)n[nH]1. The van der Waals surface area contributed by atoms with Gasteiger partial charge in [-0.1, -0.05) is 13.8 Å². The Morgan fingerprint density at radius 3 is 2.78 bits per heavy atom. The van der Waals surface area contributed by atoms with Gasteiger partial charge in [-0.2, -0.15) is 5.10 Å². The normalized spacial score (nSPS) is 16.9. The Labute approximate surface area is 163 Å². The molecule has 0 bridgehead atoms. The number of carbonyl (C=O) groups excluding carboxylic acids is 2. The molecule has 2 aromatic heterocycles. The summed E-state index contributed by atoms with van der Waals surface area (Å²) in [6.45, 7) is 10.3. The number of rotatable bonds is 6. The van der Waals surface area contributed by atoms with Crippen LogP contribution in [0.4, 0.5) is 0 Å². The third kappa shape index (κ3) is 4.55. The van der Waals surface area contributed by atoms with Crippen LogP contribution in [0.5, 0.6) is 0 Å². The first kappa shape index (κ1) is 19.5. The molecule has 0 radical (unpaired) electrons. The number of aromatic nitrogens is 3. The van der Waals surface area contributed by atoms with E-state index < -0.39 is 0 Å². The van der Waals surface area contributed by atoms with Gasteiger partial charge in [0.05, 0.1) is 17.7 Å². The van der Waals surface area contributed by atoms with Gasteiger partial charge in [0.1, 0.15) is 5.69 Å². The fraction of sp³-hybridized carbons (Fsp3) is 0.579. The van der Waals surface area contributed by atoms with Crippen LogP contribution in [0, 0.1) is 25.7 Å². The molecule has 1 fully saturated rings. The van der Waals surface area contributed by atoms with E-state index in [2.05, 4.69) is 15.2 Å². The Hall–Kier alpha value is -2.22. The summed E-state index contributed by atoms with van der Waals surface area (Å²) in [4.78, 5) is 34.5. The minimum absolute atomic E-state index is 0.0399. The zero-order valence-electron chi connectivity index (χ0n) is 16.4. The first-order chi connectivity index (χ1) is 12.8. The van der Waals surface area contributed by atoms with Gasteiger partial charge in [0.15, 0.2) is 0 Å². The van der Waals surface area contributed by atoms with E-state index in [1.54, 1.807) is 17.4 Å². The van der Waals surface area contributed by atoms with Gasteiger partial charge in [-0.3, -0.25) is 14.7 Å². The van der Waals surface area contributed by atoms with Gasteiger partial charge < -0.3 is 9.80 Å². The summed E-state index contributed by atoms with van der Waals surface area (Å²) in [5.74, 6) is 0.340. The van der Waals surface area contributed by atoms with E-state index in [0.29, 0.717) is 31.9 Å². The molecule has 3 rings (SSSR count). The van der Waals surface area contributed by atoms with Crippen molar-refractivity contribution in [2.24, 2.45) is 11.8 Å². The van der Waals surface area contributed by atoms with Crippen LogP contribution in [0.25, 0.3) is 0 Å². The minimum atomic E-state index is -0.0515. The van der Waals surface area contributed by atoms with Crippen LogP contribution in [0.3, 0.4) is 0 Å². The number of amides is 2. The molecule has 8 heteroatoms. The van der Waals surface area contributed by atoms with Crippen molar-refractivity contribution in [1.82, 2.24) is 25.0 Å². The maximum Gasteiger partial charge on any atom is 0.274 e. The van der Waals surface area contributed by atoms with Gasteiger partial charge in [0.25, 0.3) is 5.91 Å². The Bertz CT molecular complexity index is 813. The second-order valence-electron chi connectivity index (χ2n) is 7.58. The molecule has 1 aliphatic rings. The van der Waals surface area contributed by atoms with Crippen molar-refractivity contribution in [3.63, 3.8) is 0 Å². The van der Waals surface area contributed by atoms with Crippen molar-refractivity contribution >= 4 is 23.2 Å². The summed E-state index contributed by atoms with van der Waals surface area (Å²) in [5, 5.41) is 6.89. The smallest absolute Gasteiger partial charge is 0.274 e. The highest BCUT2D eigenvalue weighted by atomic mass is 32.1. The largest absolute Gasteiger partial charge is 0.337 e. The van der Waals surface area contributed by atoms with Gasteiger partial charge >= 0.3 is 0 Å². The zero-order valence-corrected chi connectivity index (χ0v) is 17.2. The number of aryl methyl sites for hydroxylation is 2. The highest BCUT2D eigenvalue weighted by Gasteiger charge is 2.31. The van der Waals surface area contributed by atoms with Crippen molar-refractivity contribution in [3.05, 3.63) is 33.5 Å². The molecule has 0 spiro atoms. The predicted molar refractivity (Wildman–Crippen MR) is 104 cm³/mol. The first-order valence-corrected chi connectivity index (χ1v) is 10.2. The highest BCUT2D eigenvalue weighted by Crippen LogP contribution is 2.23. The number of aromatic amines is 1. The van der Waals surface area contributed by atoms with Gasteiger partial charge in [-0.15, -0.1) is 11.3 Å². The maximum atomic E-state index is 12.7. The van der Waals surface area contributed by atoms with E-state index in [4.69, 9.17) is 0 Å². The topological polar surface area (TPSA) is 82.2 Å². The number of thiazole rings is 1. The van der Waals surface area contributed by atoms with Gasteiger partial charge in [0, 0.05) is 36.1 Å². The molecule has 1 aliphatic heterocycles. The van der Waals surface area contributed by atoms with E-state index in [0.717, 1.165) is 22.7 Å². The molecule has 0 saturated carbocycles. The Balaban J connectivity index is 1.65. The molecule has 1 unspecified atom stereocenters. The van der Waals surface area contributed by atoms with Crippen LogP contribution < -0.4 is 0 Å². The molecule has 1 atom stereocenters. The first-order valence-electron chi connectivity index (χ1n) is 9.34. The molecule has 7 nitrogen and oxygen atoms in total. The molecule has 1 saturated heterocycles. The highest BCUT2D eigenvalue weighted by molar-refractivity contribution is 7.09. The molecular formula is C19H27N5O2S. The minimum Gasteiger partial charge on any atom is -0.337 e. The number of likely N-dealkylation sites (tertiary alicyclic amines) is 1. The average Bonchev–Trinajstić information content (AvgIpc) is 3.35. The lowest BCUT2D eigenvalue weighted by Gasteiger charge is -2.27. The van der Waals surface area contributed by atoms with Gasteiger partial charge in [-0.05, 0) is 32.3 Å². The molecule has 0 aromatic carbocycles. The van der Waals surface area contributed by atoms with Crippen LogP contribution in [0.1, 0.15) is 47.0 Å². The number of H-pyrrole nitrogens is 1. The van der Waals surface area contributed by atoms with Crippen molar-refractivity contribution in [2.45, 2.75) is 40.7 Å². The lowest BCUT2D eigenvalue weighted by atomic mass is 10.1. The molecule has 3 heterocycles. The Morgan fingerprint density at radius 2 is 2.19 bits per heavy atom. The molecule has 2 aromatic rings. The summed E-state index contributed by atoms with van der Waals surface area (Å²) in [6.07, 6.45) is 0.901. The zero-order chi connectivity index (χ0) is 19.6. The maximum absolute atomic E-state index is 12.7. The van der Waals surface area contributed by atoms with Gasteiger partial charge in [0.2, 0.25) is 5.91 Å². The summed E-state index contributed by atoms with van der Waals surface area (Å²) in [6, 6.07) is 1.77. The lowest BCUT2D eigenvalue weighted by Crippen LogP contribution is -2.38. The van der Waals surface area contributed by atoms with Crippen molar-refractivity contribution < 1.29 is 9.59 Å². The van der Waals surface area contributed by atoms with Gasteiger partial charge in [-0.25, -0.2) is 4.98 Å². The third-order valence-electron chi connectivity index (χ3n) is 4.96. The molecule has 0 aliphatic carbocycles. The Morgan fingerprint density at radius 1 is 1.41 bits per heavy atom. The van der Waals surface area contributed by atoms with E-state index >= 15 is 0 Å². The molecule has 146 valence electrons. The lowest BCUT2D eigenvalue weighted by molar-refractivity contribution is -0.135. The number of nitrogens with zero attached hydrogens (tertiary/aromatic N) is 4. The van der Waals surface area contributed by atoms with E-state index in [1.807, 2.05) is 43.0 Å². The predicted octanol–water partition coefficient (Wildman–Crippen LogP) is 2.63. The molecule has 2 amide bonds. The molecule has 27 heavy (non-hydrogen) atoms. The average molecular weight is 390 g/mol. The number of hydrogen-bond acceptors (Lipinski definition) is 5. The van der Waals surface area contributed by atoms with Crippen molar-refractivity contribution in [2.75, 3.05) is 19.6 Å². The van der Waals surface area contributed by atoms with E-state index in [9.17, 15) is 9.59 Å². The van der Waals surface area contributed by atoms with Crippen LogP contribution in [-0.4, -0.2) is 56.4 Å². The Kier molecular flexibility index (Phi) is 5.94. The standard InChI is InChI=1S/C19H27N5O2S/c1-12(2)18(25)24(10-17-14(4)20-11-27-17)9-15-5-6-23(8-15)19(26)16-7-13(3)21-22-16/h7,11-12,15H,5-6,8-10H2,1-4H3,(H,21,22). The van der Waals surface area contributed by atoms with Crippen LogP contribution >= 0.6 is 11.3 Å². The number of hydrogen-bond donors (Lipinski definition) is 1. The second kappa shape index (κ2) is 8.21. The summed E-state index contributed by atoms with van der Waals surface area (Å²) in [7, 11) is 0. The summed E-state index contributed by atoms with van der Waals surface area (Å²) < 4.78 is 0. The monoisotopic (exact) mass is 389 g/mol. The fourth-order valence-corrected chi connectivity index (χ4v) is 4.21. The number of carbonyl (C=O) groups is 2. The van der Waals surface area contributed by atoms with E-state index in [1.165, 1.54) is 0 Å². The van der Waals surface area contributed by atoms with Crippen molar-refractivity contribution in [1.29, 1.82) is 0 Å². The number of nitrogens with one attached hydrogen (secondary N) is 1. The fourth-order valence-electron chi connectivity index (χ4n) is 3.42. The van der Waals surface area contributed by atoms with Crippen LogP contribution in [0.2, 0.25) is 0 Å². The molecule has 1 N–H and O–H groups in total. The van der Waals surface area contributed by atoms with E-state index in [-0.39, 0.29) is 23.7 Å². The molecular weight excluding hydrogens is 362 g/mol. The van der Waals surface area contributed by atoms with Crippen molar-refractivity contribution in [3.8, 4) is 0 Å². The third-order valence-corrected chi connectivity index (χ3v) is 5.88.